The van der Waals surface area contributed by atoms with Crippen LogP contribution in [0.1, 0.15) is 16.7 Å². The highest BCUT2D eigenvalue weighted by atomic mass is 79.9. The summed E-state index contributed by atoms with van der Waals surface area (Å²) >= 11 is 3.44. The van der Waals surface area contributed by atoms with E-state index in [1.165, 1.54) is 16.7 Å². The first-order chi connectivity index (χ1) is 10.0. The molecule has 0 aromatic heterocycles. The van der Waals surface area contributed by atoms with Crippen LogP contribution in [0.4, 0.5) is 10.5 Å². The first-order valence-corrected chi connectivity index (χ1v) is 7.70. The van der Waals surface area contributed by atoms with Crippen LogP contribution in [-0.4, -0.2) is 12.6 Å². The van der Waals surface area contributed by atoms with Crippen LogP contribution >= 0.6 is 15.9 Å². The van der Waals surface area contributed by atoms with E-state index in [9.17, 15) is 4.79 Å². The number of anilines is 1. The molecule has 4 heteroatoms. The topological polar surface area (TPSA) is 41.1 Å². The highest BCUT2D eigenvalue weighted by molar-refractivity contribution is 9.10. The molecule has 21 heavy (non-hydrogen) atoms. The summed E-state index contributed by atoms with van der Waals surface area (Å²) < 4.78 is 1.06. The normalized spacial score (nSPS) is 10.2. The third kappa shape index (κ3) is 4.90. The average Bonchev–Trinajstić information content (AvgIpc) is 2.43. The van der Waals surface area contributed by atoms with Crippen molar-refractivity contribution in [3.05, 3.63) is 63.6 Å². The Morgan fingerprint density at radius 2 is 1.90 bits per heavy atom. The van der Waals surface area contributed by atoms with E-state index >= 15 is 0 Å². The number of benzene rings is 2. The molecule has 0 fully saturated rings. The molecule has 0 aliphatic carbocycles. The van der Waals surface area contributed by atoms with Crippen LogP contribution in [0.2, 0.25) is 0 Å². The number of rotatable bonds is 4. The number of carbonyl (C=O) groups is 1. The number of halogens is 1. The number of aryl methyl sites for hydroxylation is 2. The SMILES string of the molecule is Cc1ccc(NC(=O)NCCc2cccc(Br)c2)cc1C. The molecule has 0 aliphatic heterocycles. The fraction of sp³-hybridized carbons (Fsp3) is 0.235. The summed E-state index contributed by atoms with van der Waals surface area (Å²) in [4.78, 5) is 11.8. The molecule has 2 aromatic carbocycles. The number of amides is 2. The summed E-state index contributed by atoms with van der Waals surface area (Å²) in [5, 5.41) is 5.72. The summed E-state index contributed by atoms with van der Waals surface area (Å²) in [6.07, 6.45) is 0.805. The van der Waals surface area contributed by atoms with Crippen LogP contribution < -0.4 is 10.6 Å². The molecule has 2 aromatic rings. The fourth-order valence-corrected chi connectivity index (χ4v) is 2.45. The molecule has 3 nitrogen and oxygen atoms in total. The standard InChI is InChI=1S/C17H19BrN2O/c1-12-6-7-16(10-13(12)2)20-17(21)19-9-8-14-4-3-5-15(18)11-14/h3-7,10-11H,8-9H2,1-2H3,(H2,19,20,21). The average molecular weight is 347 g/mol. The second-order valence-corrected chi connectivity index (χ2v) is 5.98. The third-order valence-electron chi connectivity index (χ3n) is 3.35. The van der Waals surface area contributed by atoms with Gasteiger partial charge in [0.1, 0.15) is 0 Å². The lowest BCUT2D eigenvalue weighted by molar-refractivity contribution is 0.252. The fourth-order valence-electron chi connectivity index (χ4n) is 2.01. The minimum Gasteiger partial charge on any atom is -0.338 e. The lowest BCUT2D eigenvalue weighted by Gasteiger charge is -2.09. The van der Waals surface area contributed by atoms with Crippen molar-refractivity contribution >= 4 is 27.6 Å². The van der Waals surface area contributed by atoms with Gasteiger partial charge in [-0.05, 0) is 61.2 Å². The van der Waals surface area contributed by atoms with Gasteiger partial charge in [-0.15, -0.1) is 0 Å². The lowest BCUT2D eigenvalue weighted by atomic mass is 10.1. The summed E-state index contributed by atoms with van der Waals surface area (Å²) in [6.45, 7) is 4.69. The maximum absolute atomic E-state index is 11.8. The van der Waals surface area contributed by atoms with E-state index in [4.69, 9.17) is 0 Å². The Morgan fingerprint density at radius 1 is 1.10 bits per heavy atom. The van der Waals surface area contributed by atoms with Gasteiger partial charge in [0.05, 0.1) is 0 Å². The molecule has 2 N–H and O–H groups in total. The zero-order chi connectivity index (χ0) is 15.2. The van der Waals surface area contributed by atoms with Gasteiger partial charge < -0.3 is 10.6 Å². The summed E-state index contributed by atoms with van der Waals surface area (Å²) in [6, 6.07) is 13.8. The van der Waals surface area contributed by atoms with Crippen LogP contribution in [0.3, 0.4) is 0 Å². The van der Waals surface area contributed by atoms with Crippen molar-refractivity contribution in [1.82, 2.24) is 5.32 Å². The first-order valence-electron chi connectivity index (χ1n) is 6.91. The summed E-state index contributed by atoms with van der Waals surface area (Å²) in [5.41, 5.74) is 4.39. The molecule has 2 rings (SSSR count). The summed E-state index contributed by atoms with van der Waals surface area (Å²) in [5.74, 6) is 0. The first kappa shape index (κ1) is 15.6. The molecule has 0 unspecified atom stereocenters. The van der Waals surface area contributed by atoms with E-state index in [2.05, 4.69) is 39.6 Å². The van der Waals surface area contributed by atoms with Gasteiger partial charge >= 0.3 is 6.03 Å². The van der Waals surface area contributed by atoms with Gasteiger partial charge in [-0.3, -0.25) is 0 Å². The van der Waals surface area contributed by atoms with E-state index in [0.717, 1.165) is 16.6 Å². The van der Waals surface area contributed by atoms with Crippen molar-refractivity contribution < 1.29 is 4.79 Å². The van der Waals surface area contributed by atoms with Crippen molar-refractivity contribution in [2.75, 3.05) is 11.9 Å². The smallest absolute Gasteiger partial charge is 0.319 e. The van der Waals surface area contributed by atoms with Crippen LogP contribution in [0.15, 0.2) is 46.9 Å². The molecule has 0 saturated carbocycles. The van der Waals surface area contributed by atoms with E-state index in [1.54, 1.807) is 0 Å². The number of urea groups is 1. The second kappa shape index (κ2) is 7.27. The van der Waals surface area contributed by atoms with Gasteiger partial charge in [-0.1, -0.05) is 34.1 Å². The van der Waals surface area contributed by atoms with Crippen LogP contribution in [0.25, 0.3) is 0 Å². The monoisotopic (exact) mass is 346 g/mol. The predicted octanol–water partition coefficient (Wildman–Crippen LogP) is 4.43. The van der Waals surface area contributed by atoms with Gasteiger partial charge in [-0.2, -0.15) is 0 Å². The lowest BCUT2D eigenvalue weighted by Crippen LogP contribution is -2.30. The highest BCUT2D eigenvalue weighted by Gasteiger charge is 2.02. The molecule has 110 valence electrons. The Hall–Kier alpha value is -1.81. The molecular formula is C17H19BrN2O. The number of carbonyl (C=O) groups excluding carboxylic acids is 1. The van der Waals surface area contributed by atoms with Crippen LogP contribution in [-0.2, 0) is 6.42 Å². The quantitative estimate of drug-likeness (QED) is 0.844. The Labute approximate surface area is 133 Å². The Kier molecular flexibility index (Phi) is 5.39. The minimum absolute atomic E-state index is 0.173. The molecule has 0 radical (unpaired) electrons. The Balaban J connectivity index is 1.81. The van der Waals surface area contributed by atoms with Crippen molar-refractivity contribution in [1.29, 1.82) is 0 Å². The minimum atomic E-state index is -0.173. The van der Waals surface area contributed by atoms with Crippen molar-refractivity contribution in [2.24, 2.45) is 0 Å². The van der Waals surface area contributed by atoms with E-state index in [1.807, 2.05) is 43.3 Å². The highest BCUT2D eigenvalue weighted by Crippen LogP contribution is 2.14. The van der Waals surface area contributed by atoms with Crippen molar-refractivity contribution in [3.8, 4) is 0 Å². The second-order valence-electron chi connectivity index (χ2n) is 5.06. The molecule has 0 aliphatic rings. The molecular weight excluding hydrogens is 328 g/mol. The van der Waals surface area contributed by atoms with E-state index < -0.39 is 0 Å². The van der Waals surface area contributed by atoms with E-state index in [-0.39, 0.29) is 6.03 Å². The van der Waals surface area contributed by atoms with Gasteiger partial charge in [0, 0.05) is 16.7 Å². The largest absolute Gasteiger partial charge is 0.338 e. The Morgan fingerprint density at radius 3 is 2.62 bits per heavy atom. The van der Waals surface area contributed by atoms with Gasteiger partial charge in [0.15, 0.2) is 0 Å². The van der Waals surface area contributed by atoms with Crippen molar-refractivity contribution in [3.63, 3.8) is 0 Å². The van der Waals surface area contributed by atoms with Gasteiger partial charge in [0.2, 0.25) is 0 Å². The van der Waals surface area contributed by atoms with Gasteiger partial charge in [0.25, 0.3) is 0 Å². The number of hydrogen-bond acceptors (Lipinski definition) is 1. The maximum atomic E-state index is 11.8. The summed E-state index contributed by atoms with van der Waals surface area (Å²) in [7, 11) is 0. The van der Waals surface area contributed by atoms with Crippen LogP contribution in [0.5, 0.6) is 0 Å². The molecule has 2 amide bonds. The molecule has 0 heterocycles. The molecule has 0 bridgehead atoms. The zero-order valence-corrected chi connectivity index (χ0v) is 13.8. The molecule has 0 saturated heterocycles. The Bertz CT molecular complexity index is 640. The van der Waals surface area contributed by atoms with Gasteiger partial charge in [-0.25, -0.2) is 4.79 Å². The van der Waals surface area contributed by atoms with Crippen LogP contribution in [0, 0.1) is 13.8 Å². The number of hydrogen-bond donors (Lipinski definition) is 2. The molecule has 0 spiro atoms. The number of nitrogens with one attached hydrogen (secondary N) is 2. The maximum Gasteiger partial charge on any atom is 0.319 e. The zero-order valence-electron chi connectivity index (χ0n) is 12.2. The van der Waals surface area contributed by atoms with E-state index in [0.29, 0.717) is 6.54 Å². The molecule has 0 atom stereocenters. The predicted molar refractivity (Wildman–Crippen MR) is 90.8 cm³/mol. The van der Waals surface area contributed by atoms with Crippen molar-refractivity contribution in [2.45, 2.75) is 20.3 Å². The third-order valence-corrected chi connectivity index (χ3v) is 3.85.